The van der Waals surface area contributed by atoms with Crippen molar-refractivity contribution in [1.29, 1.82) is 0 Å². The fourth-order valence-electron chi connectivity index (χ4n) is 1.55. The molecule has 0 saturated carbocycles. The fourth-order valence-corrected chi connectivity index (χ4v) is 1.55. The zero-order valence-corrected chi connectivity index (χ0v) is 10.6. The molecule has 6 nitrogen and oxygen atoms in total. The molecule has 6 heteroatoms. The number of methoxy groups -OCH3 is 1. The maximum Gasteiger partial charge on any atom is 0.337 e. The highest BCUT2D eigenvalue weighted by Crippen LogP contribution is 2.09. The molecule has 0 aliphatic carbocycles. The predicted octanol–water partition coefficient (Wildman–Crippen LogP) is 1.46. The molecule has 0 aliphatic rings. The number of anilines is 1. The zero-order chi connectivity index (χ0) is 13.8. The first-order valence-electron chi connectivity index (χ1n) is 5.59. The summed E-state index contributed by atoms with van der Waals surface area (Å²) < 4.78 is 6.18. The number of carbonyl (C=O) groups is 2. The highest BCUT2D eigenvalue weighted by Gasteiger charge is 2.10. The summed E-state index contributed by atoms with van der Waals surface area (Å²) in [5, 5.41) is 6.70. The summed E-state index contributed by atoms with van der Waals surface area (Å²) in [6.07, 6.45) is 1.73. The Balaban J connectivity index is 2.09. The minimum atomic E-state index is -0.434. The van der Waals surface area contributed by atoms with Crippen LogP contribution in [0.2, 0.25) is 0 Å². The van der Waals surface area contributed by atoms with Gasteiger partial charge in [0.25, 0.3) is 5.91 Å². The maximum atomic E-state index is 11.9. The molecule has 0 fully saturated rings. The van der Waals surface area contributed by atoms with E-state index < -0.39 is 5.97 Å². The highest BCUT2D eigenvalue weighted by atomic mass is 16.5. The van der Waals surface area contributed by atoms with E-state index in [1.807, 2.05) is 0 Å². The summed E-state index contributed by atoms with van der Waals surface area (Å²) >= 11 is 0. The van der Waals surface area contributed by atoms with Crippen molar-refractivity contribution < 1.29 is 14.3 Å². The number of nitrogens with zero attached hydrogens (tertiary/aromatic N) is 2. The van der Waals surface area contributed by atoms with E-state index in [1.54, 1.807) is 48.3 Å². The van der Waals surface area contributed by atoms with Crippen LogP contribution in [0.25, 0.3) is 0 Å². The van der Waals surface area contributed by atoms with Gasteiger partial charge in [0, 0.05) is 24.9 Å². The van der Waals surface area contributed by atoms with E-state index in [-0.39, 0.29) is 5.91 Å². The lowest BCUT2D eigenvalue weighted by Gasteiger charge is -2.03. The fraction of sp³-hybridized carbons (Fsp3) is 0.154. The van der Waals surface area contributed by atoms with Crippen LogP contribution in [0.3, 0.4) is 0 Å². The molecule has 0 aliphatic heterocycles. The Kier molecular flexibility index (Phi) is 3.61. The molecule has 1 amide bonds. The maximum absolute atomic E-state index is 11.9. The van der Waals surface area contributed by atoms with Crippen molar-refractivity contribution in [2.75, 3.05) is 12.4 Å². The van der Waals surface area contributed by atoms with Crippen LogP contribution in [0.1, 0.15) is 20.7 Å². The second-order valence-electron chi connectivity index (χ2n) is 3.90. The quantitative estimate of drug-likeness (QED) is 0.847. The molecule has 1 N–H and O–H groups in total. The van der Waals surface area contributed by atoms with Crippen molar-refractivity contribution in [3.8, 4) is 0 Å². The third-order valence-electron chi connectivity index (χ3n) is 2.52. The van der Waals surface area contributed by atoms with Gasteiger partial charge in [-0.3, -0.25) is 9.48 Å². The van der Waals surface area contributed by atoms with E-state index in [9.17, 15) is 9.59 Å². The molecular weight excluding hydrogens is 246 g/mol. The van der Waals surface area contributed by atoms with E-state index in [0.29, 0.717) is 16.9 Å². The Hall–Kier alpha value is -2.63. The summed E-state index contributed by atoms with van der Waals surface area (Å²) in [5.74, 6) is -0.239. The van der Waals surface area contributed by atoms with Crippen LogP contribution < -0.4 is 5.32 Å². The topological polar surface area (TPSA) is 73.2 Å². The number of aryl methyl sites for hydroxylation is 1. The van der Waals surface area contributed by atoms with Crippen LogP contribution >= 0.6 is 0 Å². The van der Waals surface area contributed by atoms with Gasteiger partial charge >= 0.3 is 5.97 Å². The van der Waals surface area contributed by atoms with Gasteiger partial charge in [0.15, 0.2) is 5.82 Å². The normalized spacial score (nSPS) is 10.0. The van der Waals surface area contributed by atoms with Crippen LogP contribution in [-0.2, 0) is 11.8 Å². The third-order valence-corrected chi connectivity index (χ3v) is 2.52. The van der Waals surface area contributed by atoms with Gasteiger partial charge in [0.05, 0.1) is 12.7 Å². The molecule has 0 saturated heterocycles. The molecule has 0 spiro atoms. The van der Waals surface area contributed by atoms with E-state index in [1.165, 1.54) is 7.11 Å². The summed E-state index contributed by atoms with van der Waals surface area (Å²) in [7, 11) is 3.07. The molecule has 1 aromatic carbocycles. The first kappa shape index (κ1) is 12.8. The number of ether oxygens (including phenoxy) is 1. The second-order valence-corrected chi connectivity index (χ2v) is 3.90. The van der Waals surface area contributed by atoms with Gasteiger partial charge in [-0.25, -0.2) is 4.79 Å². The van der Waals surface area contributed by atoms with Gasteiger partial charge in [0.1, 0.15) is 0 Å². The van der Waals surface area contributed by atoms with Crippen LogP contribution in [0, 0.1) is 0 Å². The number of rotatable bonds is 3. The lowest BCUT2D eigenvalue weighted by molar-refractivity contribution is 0.0600. The zero-order valence-electron chi connectivity index (χ0n) is 10.6. The smallest absolute Gasteiger partial charge is 0.337 e. The molecule has 98 valence electrons. The first-order valence-corrected chi connectivity index (χ1v) is 5.59. The van der Waals surface area contributed by atoms with Gasteiger partial charge in [-0.05, 0) is 24.3 Å². The molecule has 0 radical (unpaired) electrons. The SMILES string of the molecule is COC(=O)c1ccc(C(=O)Nc2ccn(C)n2)cc1. The molecule has 2 aromatic rings. The monoisotopic (exact) mass is 259 g/mol. The summed E-state index contributed by atoms with van der Waals surface area (Å²) in [5.41, 5.74) is 0.843. The lowest BCUT2D eigenvalue weighted by Crippen LogP contribution is -2.13. The Morgan fingerprint density at radius 2 is 1.79 bits per heavy atom. The summed E-state index contributed by atoms with van der Waals surface area (Å²) in [6.45, 7) is 0. The molecular formula is C13H13N3O3. The molecule has 1 heterocycles. The molecule has 1 aromatic heterocycles. The van der Waals surface area contributed by atoms with Crippen molar-refractivity contribution in [3.05, 3.63) is 47.7 Å². The van der Waals surface area contributed by atoms with E-state index >= 15 is 0 Å². The number of benzene rings is 1. The summed E-state index contributed by atoms with van der Waals surface area (Å²) in [6, 6.07) is 7.90. The van der Waals surface area contributed by atoms with Crippen molar-refractivity contribution in [2.45, 2.75) is 0 Å². The number of hydrogen-bond acceptors (Lipinski definition) is 4. The second kappa shape index (κ2) is 5.34. The average molecular weight is 259 g/mol. The van der Waals surface area contributed by atoms with E-state index in [2.05, 4.69) is 15.2 Å². The highest BCUT2D eigenvalue weighted by molar-refractivity contribution is 6.04. The van der Waals surface area contributed by atoms with E-state index in [0.717, 1.165) is 0 Å². The van der Waals surface area contributed by atoms with Gasteiger partial charge < -0.3 is 10.1 Å². The number of amides is 1. The van der Waals surface area contributed by atoms with Crippen LogP contribution in [0.4, 0.5) is 5.82 Å². The Labute approximate surface area is 110 Å². The molecule has 0 atom stereocenters. The van der Waals surface area contributed by atoms with Gasteiger partial charge in [-0.15, -0.1) is 0 Å². The number of nitrogens with one attached hydrogen (secondary N) is 1. The number of esters is 1. The van der Waals surface area contributed by atoms with Crippen molar-refractivity contribution in [3.63, 3.8) is 0 Å². The van der Waals surface area contributed by atoms with Crippen LogP contribution in [-0.4, -0.2) is 28.8 Å². The standard InChI is InChI=1S/C13H13N3O3/c1-16-8-7-11(15-16)14-12(17)9-3-5-10(6-4-9)13(18)19-2/h3-8H,1-2H3,(H,14,15,17). The van der Waals surface area contributed by atoms with Gasteiger partial charge in [-0.1, -0.05) is 0 Å². The molecule has 0 unspecified atom stereocenters. The largest absolute Gasteiger partial charge is 0.465 e. The predicted molar refractivity (Wildman–Crippen MR) is 68.9 cm³/mol. The Bertz CT molecular complexity index is 602. The third kappa shape index (κ3) is 2.98. The minimum absolute atomic E-state index is 0.282. The van der Waals surface area contributed by atoms with E-state index in [4.69, 9.17) is 0 Å². The van der Waals surface area contributed by atoms with Gasteiger partial charge in [-0.2, -0.15) is 5.10 Å². The molecule has 0 bridgehead atoms. The molecule has 19 heavy (non-hydrogen) atoms. The van der Waals surface area contributed by atoms with Crippen LogP contribution in [0.15, 0.2) is 36.5 Å². The lowest BCUT2D eigenvalue weighted by atomic mass is 10.1. The van der Waals surface area contributed by atoms with Crippen LogP contribution in [0.5, 0.6) is 0 Å². The van der Waals surface area contributed by atoms with Gasteiger partial charge in [0.2, 0.25) is 0 Å². The Morgan fingerprint density at radius 1 is 1.16 bits per heavy atom. The Morgan fingerprint density at radius 3 is 2.32 bits per heavy atom. The number of carbonyl (C=O) groups excluding carboxylic acids is 2. The number of aromatic nitrogens is 2. The summed E-state index contributed by atoms with van der Waals surface area (Å²) in [4.78, 5) is 23.2. The first-order chi connectivity index (χ1) is 9.10. The van der Waals surface area contributed by atoms with Crippen molar-refractivity contribution in [2.24, 2.45) is 7.05 Å². The average Bonchev–Trinajstić information content (AvgIpc) is 2.83. The number of hydrogen-bond donors (Lipinski definition) is 1. The van der Waals surface area contributed by atoms with Crippen molar-refractivity contribution in [1.82, 2.24) is 9.78 Å². The molecule has 2 rings (SSSR count). The minimum Gasteiger partial charge on any atom is -0.465 e. The van der Waals surface area contributed by atoms with Crippen molar-refractivity contribution >= 4 is 17.7 Å².